The van der Waals surface area contributed by atoms with Crippen molar-refractivity contribution in [3.8, 4) is 5.75 Å². The third-order valence-corrected chi connectivity index (χ3v) is 5.44. The number of hydrogen-bond acceptors (Lipinski definition) is 2. The van der Waals surface area contributed by atoms with Crippen LogP contribution in [0.1, 0.15) is 30.4 Å². The Morgan fingerprint density at radius 2 is 1.52 bits per heavy atom. The highest BCUT2D eigenvalue weighted by Gasteiger charge is 2.15. The van der Waals surface area contributed by atoms with Gasteiger partial charge in [0.2, 0.25) is 0 Å². The Morgan fingerprint density at radius 1 is 0.828 bits per heavy atom. The van der Waals surface area contributed by atoms with Gasteiger partial charge < -0.3 is 15.0 Å². The molecule has 4 aromatic rings. The van der Waals surface area contributed by atoms with E-state index in [1.54, 1.807) is 0 Å². The van der Waals surface area contributed by atoms with Gasteiger partial charge in [0.05, 0.1) is 6.61 Å². The van der Waals surface area contributed by atoms with E-state index in [4.69, 9.17) is 4.74 Å². The summed E-state index contributed by atoms with van der Waals surface area (Å²) < 4.78 is 6.06. The molecule has 0 amide bonds. The zero-order valence-corrected chi connectivity index (χ0v) is 16.8. The van der Waals surface area contributed by atoms with Crippen molar-refractivity contribution in [3.05, 3.63) is 102 Å². The first-order chi connectivity index (χ1) is 14.3. The van der Waals surface area contributed by atoms with Crippen molar-refractivity contribution in [2.75, 3.05) is 13.2 Å². The number of nitrogens with one attached hydrogen (secondary N) is 2. The summed E-state index contributed by atoms with van der Waals surface area (Å²) in [6, 6.07) is 30.0. The monoisotopic (exact) mass is 384 g/mol. The molecular formula is C26H28N2O. The van der Waals surface area contributed by atoms with Crippen molar-refractivity contribution in [2.45, 2.75) is 25.3 Å². The number of ether oxygens (including phenoxy) is 1. The average Bonchev–Trinajstić information content (AvgIpc) is 3.25. The van der Waals surface area contributed by atoms with E-state index in [2.05, 4.69) is 90.0 Å². The van der Waals surface area contributed by atoms with E-state index in [9.17, 15) is 0 Å². The Hall–Kier alpha value is -3.04. The zero-order valence-electron chi connectivity index (χ0n) is 16.8. The molecule has 0 aliphatic heterocycles. The molecule has 0 unspecified atom stereocenters. The number of hydrogen-bond donors (Lipinski definition) is 2. The molecule has 0 saturated heterocycles. The molecule has 0 aliphatic carbocycles. The van der Waals surface area contributed by atoms with Crippen molar-refractivity contribution >= 4 is 10.9 Å². The van der Waals surface area contributed by atoms with Gasteiger partial charge >= 0.3 is 0 Å². The number of rotatable bonds is 9. The molecule has 2 N–H and O–H groups in total. The Labute approximate surface area is 172 Å². The van der Waals surface area contributed by atoms with E-state index >= 15 is 0 Å². The second kappa shape index (κ2) is 9.44. The van der Waals surface area contributed by atoms with Crippen LogP contribution in [0.15, 0.2) is 91.1 Å². The minimum absolute atomic E-state index is 0.342. The summed E-state index contributed by atoms with van der Waals surface area (Å²) in [6.07, 6.45) is 2.91. The molecule has 29 heavy (non-hydrogen) atoms. The van der Waals surface area contributed by atoms with Crippen molar-refractivity contribution in [1.29, 1.82) is 0 Å². The van der Waals surface area contributed by atoms with Crippen molar-refractivity contribution in [3.63, 3.8) is 0 Å². The molecule has 0 fully saturated rings. The highest BCUT2D eigenvalue weighted by molar-refractivity contribution is 5.85. The molecule has 4 rings (SSSR count). The number of aromatic amines is 1. The molecule has 1 heterocycles. The number of H-pyrrole nitrogens is 1. The lowest BCUT2D eigenvalue weighted by atomic mass is 9.91. The number of aromatic nitrogens is 1. The normalized spacial score (nSPS) is 12.3. The van der Waals surface area contributed by atoms with Gasteiger partial charge in [-0.05, 0) is 42.7 Å². The molecule has 148 valence electrons. The van der Waals surface area contributed by atoms with E-state index < -0.39 is 0 Å². The van der Waals surface area contributed by atoms with Crippen molar-refractivity contribution in [2.24, 2.45) is 0 Å². The molecule has 3 nitrogen and oxygen atoms in total. The maximum atomic E-state index is 6.06. The van der Waals surface area contributed by atoms with Crippen LogP contribution in [0.5, 0.6) is 5.75 Å². The molecule has 0 radical (unpaired) electrons. The molecule has 0 bridgehead atoms. The van der Waals surface area contributed by atoms with Gasteiger partial charge in [0, 0.05) is 35.6 Å². The van der Waals surface area contributed by atoms with Gasteiger partial charge in [-0.3, -0.25) is 0 Å². The van der Waals surface area contributed by atoms with Crippen LogP contribution >= 0.6 is 0 Å². The summed E-state index contributed by atoms with van der Waals surface area (Å²) in [5, 5.41) is 4.85. The second-order valence-corrected chi connectivity index (χ2v) is 7.52. The second-order valence-electron chi connectivity index (χ2n) is 7.52. The van der Waals surface area contributed by atoms with Crippen molar-refractivity contribution in [1.82, 2.24) is 10.3 Å². The Morgan fingerprint density at radius 3 is 2.21 bits per heavy atom. The lowest BCUT2D eigenvalue weighted by Crippen LogP contribution is -2.32. The summed E-state index contributed by atoms with van der Waals surface area (Å²) in [5.41, 5.74) is 3.80. The summed E-state index contributed by atoms with van der Waals surface area (Å²) in [6.45, 7) is 3.83. The predicted molar refractivity (Wildman–Crippen MR) is 121 cm³/mol. The molecule has 1 atom stereocenters. The highest BCUT2D eigenvalue weighted by Crippen LogP contribution is 2.25. The Kier molecular flexibility index (Phi) is 6.28. The van der Waals surface area contributed by atoms with Gasteiger partial charge in [0.1, 0.15) is 5.75 Å². The maximum Gasteiger partial charge on any atom is 0.128 e. The summed E-state index contributed by atoms with van der Waals surface area (Å²) >= 11 is 0. The molecular weight excluding hydrogens is 356 g/mol. The van der Waals surface area contributed by atoms with Gasteiger partial charge in [-0.25, -0.2) is 0 Å². The minimum atomic E-state index is 0.342. The maximum absolute atomic E-state index is 6.06. The van der Waals surface area contributed by atoms with Crippen LogP contribution in [0.25, 0.3) is 10.9 Å². The lowest BCUT2D eigenvalue weighted by molar-refractivity contribution is 0.292. The van der Waals surface area contributed by atoms with Crippen LogP contribution in [0.3, 0.4) is 0 Å². The third kappa shape index (κ3) is 4.87. The van der Waals surface area contributed by atoms with E-state index in [1.807, 2.05) is 18.3 Å². The first kappa shape index (κ1) is 19.3. The fourth-order valence-corrected chi connectivity index (χ4v) is 3.75. The van der Waals surface area contributed by atoms with Crippen molar-refractivity contribution < 1.29 is 4.74 Å². The van der Waals surface area contributed by atoms with E-state index in [0.29, 0.717) is 18.6 Å². The SMILES string of the molecule is C[C@H](CCOc1cccc2[nH]ccc12)NCC(c1ccccc1)c1ccccc1. The van der Waals surface area contributed by atoms with Gasteiger partial charge in [0.25, 0.3) is 0 Å². The van der Waals surface area contributed by atoms with Crippen LogP contribution < -0.4 is 10.1 Å². The van der Waals surface area contributed by atoms with Gasteiger partial charge in [-0.2, -0.15) is 0 Å². The summed E-state index contributed by atoms with van der Waals surface area (Å²) in [4.78, 5) is 3.23. The van der Waals surface area contributed by atoms with E-state index in [0.717, 1.165) is 29.6 Å². The van der Waals surface area contributed by atoms with E-state index in [1.165, 1.54) is 11.1 Å². The summed E-state index contributed by atoms with van der Waals surface area (Å²) in [5.74, 6) is 1.29. The van der Waals surface area contributed by atoms with Crippen LogP contribution in [0, 0.1) is 0 Å². The predicted octanol–water partition coefficient (Wildman–Crippen LogP) is 5.75. The lowest BCUT2D eigenvalue weighted by Gasteiger charge is -2.22. The van der Waals surface area contributed by atoms with Gasteiger partial charge in [-0.1, -0.05) is 66.7 Å². The van der Waals surface area contributed by atoms with Gasteiger partial charge in [0.15, 0.2) is 0 Å². The molecule has 0 spiro atoms. The summed E-state index contributed by atoms with van der Waals surface area (Å²) in [7, 11) is 0. The quantitative estimate of drug-likeness (QED) is 0.386. The topological polar surface area (TPSA) is 37.0 Å². The standard InChI is InChI=1S/C26H28N2O/c1-20(16-18-29-26-14-8-13-25-23(26)15-17-27-25)28-19-24(21-9-4-2-5-10-21)22-11-6-3-7-12-22/h2-15,17,20,24,27-28H,16,18-19H2,1H3/t20-/m1/s1. The fourth-order valence-electron chi connectivity index (χ4n) is 3.75. The van der Waals surface area contributed by atoms with Crippen LogP contribution in [0.4, 0.5) is 0 Å². The molecule has 0 aliphatic rings. The van der Waals surface area contributed by atoms with Crippen LogP contribution in [-0.2, 0) is 0 Å². The number of fused-ring (bicyclic) bond motifs is 1. The largest absolute Gasteiger partial charge is 0.493 e. The van der Waals surface area contributed by atoms with Crippen LogP contribution in [-0.4, -0.2) is 24.2 Å². The number of benzene rings is 3. The zero-order chi connectivity index (χ0) is 19.9. The molecule has 3 aromatic carbocycles. The fraction of sp³-hybridized carbons (Fsp3) is 0.231. The first-order valence-electron chi connectivity index (χ1n) is 10.3. The smallest absolute Gasteiger partial charge is 0.128 e. The Bertz CT molecular complexity index is 971. The van der Waals surface area contributed by atoms with Crippen LogP contribution in [0.2, 0.25) is 0 Å². The highest BCUT2D eigenvalue weighted by atomic mass is 16.5. The first-order valence-corrected chi connectivity index (χ1v) is 10.3. The third-order valence-electron chi connectivity index (χ3n) is 5.44. The average molecular weight is 385 g/mol. The van der Waals surface area contributed by atoms with E-state index in [-0.39, 0.29) is 0 Å². The Balaban J connectivity index is 1.33. The molecule has 1 aromatic heterocycles. The molecule has 0 saturated carbocycles. The minimum Gasteiger partial charge on any atom is -0.493 e. The van der Waals surface area contributed by atoms with Gasteiger partial charge in [-0.15, -0.1) is 0 Å². The molecule has 3 heteroatoms.